The molecule has 1 aromatic carbocycles. The minimum atomic E-state index is -0.362. The van der Waals surface area contributed by atoms with Crippen LogP contribution >= 0.6 is 15.9 Å². The number of hydrogen-bond acceptors (Lipinski definition) is 5. The van der Waals surface area contributed by atoms with E-state index in [1.807, 2.05) is 24.3 Å². The standard InChI is InChI=1S/C18H14BrN5O2/c19-12-1-2-13-14(5-12)18(3-4-18)10-24(16(13)26)9-15(25)23-17-21-7-11(6-20)8-22-17/h1-2,5,7-8H,3-4,9-10H2,(H,21,22,23,25). The molecule has 1 saturated carbocycles. The van der Waals surface area contributed by atoms with Crippen molar-refractivity contribution in [2.75, 3.05) is 18.4 Å². The van der Waals surface area contributed by atoms with E-state index in [4.69, 9.17) is 5.26 Å². The molecule has 1 N–H and O–H groups in total. The van der Waals surface area contributed by atoms with Gasteiger partial charge in [0.25, 0.3) is 5.91 Å². The Hall–Kier alpha value is -2.79. The van der Waals surface area contributed by atoms with Gasteiger partial charge >= 0.3 is 0 Å². The molecule has 130 valence electrons. The average molecular weight is 412 g/mol. The Bertz CT molecular complexity index is 947. The largest absolute Gasteiger partial charge is 0.328 e. The summed E-state index contributed by atoms with van der Waals surface area (Å²) in [5.74, 6) is -0.385. The van der Waals surface area contributed by atoms with Gasteiger partial charge in [-0.05, 0) is 36.6 Å². The summed E-state index contributed by atoms with van der Waals surface area (Å²) in [5.41, 5.74) is 2.02. The number of fused-ring (bicyclic) bond motifs is 2. The zero-order valence-corrected chi connectivity index (χ0v) is 15.3. The number of aromatic nitrogens is 2. The second-order valence-corrected chi connectivity index (χ2v) is 7.50. The molecule has 0 atom stereocenters. The Kier molecular flexibility index (Phi) is 3.96. The number of carbonyl (C=O) groups is 2. The van der Waals surface area contributed by atoms with E-state index in [-0.39, 0.29) is 29.7 Å². The molecule has 0 radical (unpaired) electrons. The number of benzene rings is 1. The highest BCUT2D eigenvalue weighted by molar-refractivity contribution is 9.10. The van der Waals surface area contributed by atoms with Crippen molar-refractivity contribution in [1.29, 1.82) is 5.26 Å². The molecule has 1 aromatic heterocycles. The zero-order valence-electron chi connectivity index (χ0n) is 13.7. The zero-order chi connectivity index (χ0) is 18.3. The quantitative estimate of drug-likeness (QED) is 0.834. The fraction of sp³-hybridized carbons (Fsp3) is 0.278. The van der Waals surface area contributed by atoms with Crippen molar-refractivity contribution in [2.45, 2.75) is 18.3 Å². The van der Waals surface area contributed by atoms with Crippen LogP contribution in [-0.2, 0) is 10.2 Å². The third-order valence-corrected chi connectivity index (χ3v) is 5.28. The van der Waals surface area contributed by atoms with Crippen LogP contribution in [0.1, 0.15) is 34.3 Å². The summed E-state index contributed by atoms with van der Waals surface area (Å²) in [7, 11) is 0. The molecule has 0 unspecified atom stereocenters. The van der Waals surface area contributed by atoms with Gasteiger partial charge in [-0.25, -0.2) is 9.97 Å². The summed E-state index contributed by atoms with van der Waals surface area (Å²) in [6, 6.07) is 7.59. The first-order valence-electron chi connectivity index (χ1n) is 8.12. The number of nitriles is 1. The maximum atomic E-state index is 12.8. The van der Waals surface area contributed by atoms with Crippen LogP contribution in [0.15, 0.2) is 35.1 Å². The van der Waals surface area contributed by atoms with Gasteiger partial charge in [0, 0.05) is 22.0 Å². The Balaban J connectivity index is 1.50. The van der Waals surface area contributed by atoms with Crippen LogP contribution in [0.5, 0.6) is 0 Å². The van der Waals surface area contributed by atoms with Gasteiger partial charge in [-0.15, -0.1) is 0 Å². The van der Waals surface area contributed by atoms with Crippen LogP contribution in [0.2, 0.25) is 0 Å². The lowest BCUT2D eigenvalue weighted by molar-refractivity contribution is -0.117. The number of amides is 2. The predicted octanol–water partition coefficient (Wildman–Crippen LogP) is 2.24. The second-order valence-electron chi connectivity index (χ2n) is 6.59. The highest BCUT2D eigenvalue weighted by Gasteiger charge is 2.51. The smallest absolute Gasteiger partial charge is 0.254 e. The molecule has 1 aliphatic heterocycles. The molecule has 2 aromatic rings. The molecule has 26 heavy (non-hydrogen) atoms. The summed E-state index contributed by atoms with van der Waals surface area (Å²) in [4.78, 5) is 34.5. The molecule has 7 nitrogen and oxygen atoms in total. The van der Waals surface area contributed by atoms with Crippen molar-refractivity contribution in [1.82, 2.24) is 14.9 Å². The average Bonchev–Trinajstić information content (AvgIpc) is 3.40. The van der Waals surface area contributed by atoms with E-state index < -0.39 is 0 Å². The number of halogens is 1. The van der Waals surface area contributed by atoms with Crippen molar-refractivity contribution in [2.24, 2.45) is 0 Å². The third-order valence-electron chi connectivity index (χ3n) is 4.78. The van der Waals surface area contributed by atoms with Gasteiger partial charge in [-0.2, -0.15) is 5.26 Å². The first-order chi connectivity index (χ1) is 12.5. The maximum Gasteiger partial charge on any atom is 0.254 e. The topological polar surface area (TPSA) is 99.0 Å². The minimum Gasteiger partial charge on any atom is -0.328 e. The second kappa shape index (κ2) is 6.18. The third kappa shape index (κ3) is 2.95. The van der Waals surface area contributed by atoms with Gasteiger partial charge < -0.3 is 4.90 Å². The molecule has 0 bridgehead atoms. The lowest BCUT2D eigenvalue weighted by atomic mass is 9.86. The van der Waals surface area contributed by atoms with Gasteiger partial charge in [0.15, 0.2) is 0 Å². The molecule has 2 heterocycles. The summed E-state index contributed by atoms with van der Waals surface area (Å²) in [5, 5.41) is 11.3. The fourth-order valence-electron chi connectivity index (χ4n) is 3.33. The van der Waals surface area contributed by atoms with Gasteiger partial charge in [0.1, 0.15) is 12.6 Å². The van der Waals surface area contributed by atoms with Gasteiger partial charge in [0.05, 0.1) is 18.0 Å². The lowest BCUT2D eigenvalue weighted by Crippen LogP contribution is -2.46. The molecular weight excluding hydrogens is 398 g/mol. The molecule has 1 aliphatic carbocycles. The summed E-state index contributed by atoms with van der Waals surface area (Å²) in [6.07, 6.45) is 4.70. The van der Waals surface area contributed by atoms with Crippen molar-refractivity contribution < 1.29 is 9.59 Å². The van der Waals surface area contributed by atoms with Crippen LogP contribution in [0, 0.1) is 11.3 Å². The Morgan fingerprint density at radius 1 is 1.35 bits per heavy atom. The predicted molar refractivity (Wildman–Crippen MR) is 96.3 cm³/mol. The molecule has 2 amide bonds. The number of nitrogens with zero attached hydrogens (tertiary/aromatic N) is 4. The molecule has 0 saturated heterocycles. The molecule has 2 aliphatic rings. The summed E-state index contributed by atoms with van der Waals surface area (Å²) >= 11 is 3.47. The number of nitrogens with one attached hydrogen (secondary N) is 1. The Morgan fingerprint density at radius 2 is 2.08 bits per heavy atom. The first-order valence-corrected chi connectivity index (χ1v) is 8.91. The summed E-state index contributed by atoms with van der Waals surface area (Å²) < 4.78 is 0.958. The minimum absolute atomic E-state index is 0.0295. The Labute approximate surface area is 158 Å². The molecular formula is C18H14BrN5O2. The van der Waals surface area contributed by atoms with Crippen molar-refractivity contribution in [3.05, 3.63) is 51.8 Å². The van der Waals surface area contributed by atoms with Crippen molar-refractivity contribution >= 4 is 33.7 Å². The van der Waals surface area contributed by atoms with E-state index in [1.54, 1.807) is 4.90 Å². The van der Waals surface area contributed by atoms with Crippen LogP contribution in [0.4, 0.5) is 5.95 Å². The van der Waals surface area contributed by atoms with Crippen molar-refractivity contribution in [3.8, 4) is 6.07 Å². The molecule has 8 heteroatoms. The first kappa shape index (κ1) is 16.7. The van der Waals surface area contributed by atoms with E-state index in [1.165, 1.54) is 12.4 Å². The monoisotopic (exact) mass is 411 g/mol. The highest BCUT2D eigenvalue weighted by atomic mass is 79.9. The SMILES string of the molecule is N#Cc1cnc(NC(=O)CN2CC3(CC3)c3cc(Br)ccc3C2=O)nc1. The van der Waals surface area contributed by atoms with E-state index in [2.05, 4.69) is 31.2 Å². The van der Waals surface area contributed by atoms with E-state index in [0.29, 0.717) is 17.7 Å². The van der Waals surface area contributed by atoms with Crippen LogP contribution in [0.3, 0.4) is 0 Å². The number of anilines is 1. The highest BCUT2D eigenvalue weighted by Crippen LogP contribution is 2.52. The van der Waals surface area contributed by atoms with Crippen LogP contribution in [-0.4, -0.2) is 39.8 Å². The van der Waals surface area contributed by atoms with E-state index in [9.17, 15) is 9.59 Å². The van der Waals surface area contributed by atoms with E-state index in [0.717, 1.165) is 22.9 Å². The summed E-state index contributed by atoms with van der Waals surface area (Å²) in [6.45, 7) is 0.483. The molecule has 4 rings (SSSR count). The molecule has 1 spiro atoms. The van der Waals surface area contributed by atoms with Gasteiger partial charge in [-0.1, -0.05) is 15.9 Å². The van der Waals surface area contributed by atoms with Gasteiger partial charge in [0.2, 0.25) is 11.9 Å². The van der Waals surface area contributed by atoms with E-state index >= 15 is 0 Å². The van der Waals surface area contributed by atoms with Crippen LogP contribution in [0.25, 0.3) is 0 Å². The van der Waals surface area contributed by atoms with Gasteiger partial charge in [-0.3, -0.25) is 14.9 Å². The fourth-order valence-corrected chi connectivity index (χ4v) is 3.69. The lowest BCUT2D eigenvalue weighted by Gasteiger charge is -2.34. The van der Waals surface area contributed by atoms with Crippen LogP contribution < -0.4 is 5.32 Å². The Morgan fingerprint density at radius 3 is 2.73 bits per heavy atom. The number of hydrogen-bond donors (Lipinski definition) is 1. The maximum absolute atomic E-state index is 12.8. The normalized spacial score (nSPS) is 16.8. The number of carbonyl (C=O) groups excluding carboxylic acids is 2. The van der Waals surface area contributed by atoms with Crippen molar-refractivity contribution in [3.63, 3.8) is 0 Å². The molecule has 1 fully saturated rings. The number of rotatable bonds is 3.